The van der Waals surface area contributed by atoms with Crippen LogP contribution in [0.3, 0.4) is 0 Å². The minimum absolute atomic E-state index is 0.114. The second-order valence-electron chi connectivity index (χ2n) is 5.23. The molecule has 0 saturated carbocycles. The molecule has 0 atom stereocenters. The SMILES string of the molecule is O=C(NCCC#Cc1ccc(F)cc1C(F)(F)F)OCc1ccccc1. The Balaban J connectivity index is 1.81. The van der Waals surface area contributed by atoms with Crippen LogP contribution in [0.5, 0.6) is 0 Å². The molecule has 0 aliphatic carbocycles. The standard InChI is InChI=1S/C19H15F4NO2/c20-16-10-9-15(17(12-16)19(21,22)23)8-4-5-11-24-18(25)26-13-14-6-2-1-3-7-14/h1-3,6-7,9-10,12H,5,11,13H2,(H,24,25). The van der Waals surface area contributed by atoms with Gasteiger partial charge in [-0.15, -0.1) is 0 Å². The van der Waals surface area contributed by atoms with E-state index < -0.39 is 23.7 Å². The molecule has 7 heteroatoms. The summed E-state index contributed by atoms with van der Waals surface area (Å²) in [5.74, 6) is 3.89. The molecule has 0 heterocycles. The quantitative estimate of drug-likeness (QED) is 0.492. The maximum atomic E-state index is 13.0. The fraction of sp³-hybridized carbons (Fsp3) is 0.211. The lowest BCUT2D eigenvalue weighted by Crippen LogP contribution is -2.24. The molecule has 0 spiro atoms. The van der Waals surface area contributed by atoms with Crippen molar-refractivity contribution in [2.45, 2.75) is 19.2 Å². The molecule has 136 valence electrons. The Morgan fingerprint density at radius 3 is 2.54 bits per heavy atom. The molecule has 2 rings (SSSR count). The second kappa shape index (κ2) is 8.90. The van der Waals surface area contributed by atoms with Crippen molar-refractivity contribution in [3.05, 3.63) is 71.0 Å². The molecule has 0 unspecified atom stereocenters. The number of amides is 1. The fourth-order valence-electron chi connectivity index (χ4n) is 2.02. The Bertz CT molecular complexity index is 808. The number of alkyl carbamates (subject to hydrolysis) is 1. The topological polar surface area (TPSA) is 38.3 Å². The summed E-state index contributed by atoms with van der Waals surface area (Å²) < 4.78 is 56.5. The number of benzene rings is 2. The number of rotatable bonds is 4. The van der Waals surface area contributed by atoms with Crippen LogP contribution in [0.1, 0.15) is 23.1 Å². The molecule has 26 heavy (non-hydrogen) atoms. The van der Waals surface area contributed by atoms with E-state index in [2.05, 4.69) is 17.2 Å². The van der Waals surface area contributed by atoms with Gasteiger partial charge in [0.1, 0.15) is 12.4 Å². The van der Waals surface area contributed by atoms with Gasteiger partial charge in [0.2, 0.25) is 0 Å². The van der Waals surface area contributed by atoms with E-state index in [9.17, 15) is 22.4 Å². The summed E-state index contributed by atoms with van der Waals surface area (Å²) in [4.78, 5) is 11.5. The van der Waals surface area contributed by atoms with Gasteiger partial charge in [-0.25, -0.2) is 9.18 Å². The summed E-state index contributed by atoms with van der Waals surface area (Å²) in [6, 6.07) is 11.4. The Hall–Kier alpha value is -3.01. The van der Waals surface area contributed by atoms with Gasteiger partial charge in [-0.2, -0.15) is 13.2 Å². The maximum absolute atomic E-state index is 13.0. The molecule has 3 nitrogen and oxygen atoms in total. The first-order valence-corrected chi connectivity index (χ1v) is 7.66. The van der Waals surface area contributed by atoms with Crippen molar-refractivity contribution < 1.29 is 27.1 Å². The molecule has 0 aliphatic heterocycles. The molecule has 0 aromatic heterocycles. The van der Waals surface area contributed by atoms with Crippen LogP contribution in [0.4, 0.5) is 22.4 Å². The van der Waals surface area contributed by atoms with Crippen molar-refractivity contribution in [1.29, 1.82) is 0 Å². The number of halogens is 4. The summed E-state index contributed by atoms with van der Waals surface area (Å²) in [6.45, 7) is 0.228. The Morgan fingerprint density at radius 2 is 1.85 bits per heavy atom. The van der Waals surface area contributed by atoms with Crippen LogP contribution in [-0.2, 0) is 17.5 Å². The van der Waals surface area contributed by atoms with Gasteiger partial charge in [-0.3, -0.25) is 0 Å². The number of carbonyl (C=O) groups excluding carboxylic acids is 1. The first kappa shape index (κ1) is 19.3. The van der Waals surface area contributed by atoms with Gasteiger partial charge in [0.15, 0.2) is 0 Å². The van der Waals surface area contributed by atoms with Crippen molar-refractivity contribution in [2.24, 2.45) is 0 Å². The van der Waals surface area contributed by atoms with E-state index in [-0.39, 0.29) is 25.1 Å². The average molecular weight is 365 g/mol. The summed E-state index contributed by atoms with van der Waals surface area (Å²) in [7, 11) is 0. The highest BCUT2D eigenvalue weighted by atomic mass is 19.4. The van der Waals surface area contributed by atoms with E-state index in [1.165, 1.54) is 0 Å². The zero-order chi connectivity index (χ0) is 19.0. The van der Waals surface area contributed by atoms with E-state index in [0.717, 1.165) is 17.7 Å². The van der Waals surface area contributed by atoms with Crippen LogP contribution in [0, 0.1) is 17.7 Å². The lowest BCUT2D eigenvalue weighted by molar-refractivity contribution is -0.137. The minimum Gasteiger partial charge on any atom is -0.445 e. The van der Waals surface area contributed by atoms with E-state index in [4.69, 9.17) is 4.74 Å². The Morgan fingerprint density at radius 1 is 1.12 bits per heavy atom. The van der Waals surface area contributed by atoms with Crippen molar-refractivity contribution >= 4 is 6.09 Å². The largest absolute Gasteiger partial charge is 0.445 e. The molecular formula is C19H15F4NO2. The van der Waals surface area contributed by atoms with Gasteiger partial charge in [0, 0.05) is 18.5 Å². The third kappa shape index (κ3) is 6.13. The predicted molar refractivity (Wildman–Crippen MR) is 87.5 cm³/mol. The smallest absolute Gasteiger partial charge is 0.417 e. The molecule has 2 aromatic rings. The summed E-state index contributed by atoms with van der Waals surface area (Å²) in [5, 5.41) is 2.45. The summed E-state index contributed by atoms with van der Waals surface area (Å²) in [6.07, 6.45) is -5.21. The van der Waals surface area contributed by atoms with Gasteiger partial charge in [0.05, 0.1) is 5.56 Å². The Labute approximate surface area is 148 Å². The van der Waals surface area contributed by atoms with Gasteiger partial charge >= 0.3 is 12.3 Å². The average Bonchev–Trinajstić information content (AvgIpc) is 2.61. The lowest BCUT2D eigenvalue weighted by Gasteiger charge is -2.08. The third-order valence-corrected chi connectivity index (χ3v) is 3.24. The number of hydrogen-bond acceptors (Lipinski definition) is 2. The fourth-order valence-corrected chi connectivity index (χ4v) is 2.02. The van der Waals surface area contributed by atoms with Crippen LogP contribution >= 0.6 is 0 Å². The van der Waals surface area contributed by atoms with Crippen LogP contribution in [0.15, 0.2) is 48.5 Å². The first-order valence-electron chi connectivity index (χ1n) is 7.66. The van der Waals surface area contributed by atoms with Gasteiger partial charge in [-0.1, -0.05) is 42.2 Å². The molecule has 0 fully saturated rings. The van der Waals surface area contributed by atoms with E-state index in [1.807, 2.05) is 18.2 Å². The monoisotopic (exact) mass is 365 g/mol. The van der Waals surface area contributed by atoms with Crippen LogP contribution in [0.25, 0.3) is 0 Å². The molecule has 0 saturated heterocycles. The molecule has 0 bridgehead atoms. The molecule has 1 N–H and O–H groups in total. The molecule has 0 radical (unpaired) electrons. The van der Waals surface area contributed by atoms with Crippen molar-refractivity contribution in [2.75, 3.05) is 6.54 Å². The van der Waals surface area contributed by atoms with Crippen LogP contribution in [-0.4, -0.2) is 12.6 Å². The number of carbonyl (C=O) groups is 1. The summed E-state index contributed by atoms with van der Waals surface area (Å²) >= 11 is 0. The molecule has 1 amide bonds. The molecular weight excluding hydrogens is 350 g/mol. The van der Waals surface area contributed by atoms with Gasteiger partial charge < -0.3 is 10.1 Å². The van der Waals surface area contributed by atoms with E-state index >= 15 is 0 Å². The van der Waals surface area contributed by atoms with E-state index in [0.29, 0.717) is 6.07 Å². The zero-order valence-corrected chi connectivity index (χ0v) is 13.6. The van der Waals surface area contributed by atoms with Gasteiger partial charge in [0.25, 0.3) is 0 Å². The number of alkyl halides is 3. The first-order chi connectivity index (χ1) is 12.4. The third-order valence-electron chi connectivity index (χ3n) is 3.24. The highest BCUT2D eigenvalue weighted by molar-refractivity contribution is 5.67. The van der Waals surface area contributed by atoms with Crippen LogP contribution in [0.2, 0.25) is 0 Å². The normalized spacial score (nSPS) is 10.6. The van der Waals surface area contributed by atoms with Crippen LogP contribution < -0.4 is 5.32 Å². The van der Waals surface area contributed by atoms with E-state index in [1.54, 1.807) is 12.1 Å². The minimum atomic E-state index is -4.69. The predicted octanol–water partition coefficient (Wildman–Crippen LogP) is 4.51. The number of nitrogens with one attached hydrogen (secondary N) is 1. The van der Waals surface area contributed by atoms with Crippen molar-refractivity contribution in [3.8, 4) is 11.8 Å². The number of hydrogen-bond donors (Lipinski definition) is 1. The highest BCUT2D eigenvalue weighted by Gasteiger charge is 2.33. The second-order valence-corrected chi connectivity index (χ2v) is 5.23. The number of ether oxygens (including phenoxy) is 1. The Kier molecular flexibility index (Phi) is 6.61. The maximum Gasteiger partial charge on any atom is 0.417 e. The molecule has 0 aliphatic rings. The van der Waals surface area contributed by atoms with Crippen molar-refractivity contribution in [1.82, 2.24) is 5.32 Å². The lowest BCUT2D eigenvalue weighted by atomic mass is 10.1. The zero-order valence-electron chi connectivity index (χ0n) is 13.6. The molecule has 2 aromatic carbocycles. The highest BCUT2D eigenvalue weighted by Crippen LogP contribution is 2.32. The van der Waals surface area contributed by atoms with Gasteiger partial charge in [-0.05, 0) is 23.8 Å². The summed E-state index contributed by atoms with van der Waals surface area (Å²) in [5.41, 5.74) is -0.607. The van der Waals surface area contributed by atoms with Crippen molar-refractivity contribution in [3.63, 3.8) is 0 Å².